The van der Waals surface area contributed by atoms with Crippen molar-refractivity contribution in [3.8, 4) is 0 Å². The summed E-state index contributed by atoms with van der Waals surface area (Å²) < 4.78 is 1.01. The van der Waals surface area contributed by atoms with Gasteiger partial charge in [0.25, 0.3) is 5.91 Å². The maximum Gasteiger partial charge on any atom is 0.251 e. The van der Waals surface area contributed by atoms with Crippen LogP contribution in [0.25, 0.3) is 0 Å². The van der Waals surface area contributed by atoms with E-state index in [4.69, 9.17) is 18.0 Å². The van der Waals surface area contributed by atoms with Gasteiger partial charge in [-0.1, -0.05) is 52.4 Å². The third kappa shape index (κ3) is 3.88. The summed E-state index contributed by atoms with van der Waals surface area (Å²) in [6, 6.07) is 14.7. The molecule has 2 rings (SSSR count). The summed E-state index contributed by atoms with van der Waals surface area (Å²) in [6.07, 6.45) is 0. The summed E-state index contributed by atoms with van der Waals surface area (Å²) in [6.45, 7) is 0.489. The number of halogens is 1. The number of carbonyl (C=O) groups is 1. The van der Waals surface area contributed by atoms with Crippen LogP contribution in [0.2, 0.25) is 0 Å². The van der Waals surface area contributed by atoms with Crippen LogP contribution in [0.5, 0.6) is 0 Å². The molecular weight excluding hydrogens is 336 g/mol. The van der Waals surface area contributed by atoms with Crippen molar-refractivity contribution in [1.29, 1.82) is 0 Å². The fourth-order valence-electron chi connectivity index (χ4n) is 1.67. The lowest BCUT2D eigenvalue weighted by Gasteiger charge is -2.06. The van der Waals surface area contributed by atoms with E-state index < -0.39 is 0 Å². The smallest absolute Gasteiger partial charge is 0.251 e. The Morgan fingerprint density at radius 3 is 2.15 bits per heavy atom. The average molecular weight is 349 g/mol. The van der Waals surface area contributed by atoms with Crippen LogP contribution in [0, 0.1) is 0 Å². The molecule has 2 aromatic carbocycles. The van der Waals surface area contributed by atoms with Crippen molar-refractivity contribution in [3.63, 3.8) is 0 Å². The van der Waals surface area contributed by atoms with Gasteiger partial charge >= 0.3 is 0 Å². The highest BCUT2D eigenvalue weighted by atomic mass is 79.9. The molecule has 0 saturated carbocycles. The van der Waals surface area contributed by atoms with Gasteiger partial charge in [0.1, 0.15) is 4.99 Å². The zero-order chi connectivity index (χ0) is 14.5. The van der Waals surface area contributed by atoms with Crippen molar-refractivity contribution in [2.75, 3.05) is 0 Å². The zero-order valence-electron chi connectivity index (χ0n) is 10.6. The maximum atomic E-state index is 12.0. The van der Waals surface area contributed by atoms with Crippen molar-refractivity contribution in [2.45, 2.75) is 6.54 Å². The number of rotatable bonds is 4. The van der Waals surface area contributed by atoms with Gasteiger partial charge in [0.15, 0.2) is 0 Å². The van der Waals surface area contributed by atoms with Gasteiger partial charge < -0.3 is 11.1 Å². The van der Waals surface area contributed by atoms with E-state index in [1.165, 1.54) is 0 Å². The fraction of sp³-hybridized carbons (Fsp3) is 0.0667. The Balaban J connectivity index is 1.97. The van der Waals surface area contributed by atoms with E-state index in [1.807, 2.05) is 24.3 Å². The molecule has 0 spiro atoms. The first-order chi connectivity index (χ1) is 9.56. The number of thiocarbonyl (C=S) groups is 1. The minimum atomic E-state index is -0.123. The Morgan fingerprint density at radius 2 is 1.60 bits per heavy atom. The minimum Gasteiger partial charge on any atom is -0.389 e. The van der Waals surface area contributed by atoms with Crippen LogP contribution in [0.15, 0.2) is 53.0 Å². The molecule has 0 aliphatic carbocycles. The van der Waals surface area contributed by atoms with Gasteiger partial charge in [-0.15, -0.1) is 0 Å². The Labute approximate surface area is 131 Å². The largest absolute Gasteiger partial charge is 0.389 e. The highest BCUT2D eigenvalue weighted by molar-refractivity contribution is 9.10. The van der Waals surface area contributed by atoms with Crippen LogP contribution in [-0.2, 0) is 6.54 Å². The Hall–Kier alpha value is -1.72. The van der Waals surface area contributed by atoms with E-state index >= 15 is 0 Å². The fourth-order valence-corrected chi connectivity index (χ4v) is 2.07. The second kappa shape index (κ2) is 6.63. The zero-order valence-corrected chi connectivity index (χ0v) is 13.0. The third-order valence-electron chi connectivity index (χ3n) is 2.80. The van der Waals surface area contributed by atoms with Gasteiger partial charge in [-0.05, 0) is 29.8 Å². The first-order valence-corrected chi connectivity index (χ1v) is 7.19. The van der Waals surface area contributed by atoms with Crippen molar-refractivity contribution < 1.29 is 4.79 Å². The summed E-state index contributed by atoms with van der Waals surface area (Å²) in [4.78, 5) is 12.3. The molecule has 2 aromatic rings. The van der Waals surface area contributed by atoms with Crippen LogP contribution < -0.4 is 11.1 Å². The summed E-state index contributed by atoms with van der Waals surface area (Å²) in [5.74, 6) is -0.123. The van der Waals surface area contributed by atoms with Crippen molar-refractivity contribution in [2.24, 2.45) is 5.73 Å². The van der Waals surface area contributed by atoms with Crippen LogP contribution in [0.4, 0.5) is 0 Å². The van der Waals surface area contributed by atoms with Gasteiger partial charge in [-0.3, -0.25) is 4.79 Å². The van der Waals surface area contributed by atoms with E-state index in [1.54, 1.807) is 24.3 Å². The first-order valence-electron chi connectivity index (χ1n) is 5.99. The van der Waals surface area contributed by atoms with Crippen LogP contribution in [-0.4, -0.2) is 10.9 Å². The number of carbonyl (C=O) groups excluding carboxylic acids is 1. The Morgan fingerprint density at radius 1 is 1.05 bits per heavy atom. The molecular formula is C15H13BrN2OS. The number of benzene rings is 2. The number of hydrogen-bond acceptors (Lipinski definition) is 2. The van der Waals surface area contributed by atoms with Crippen LogP contribution in [0.3, 0.4) is 0 Å². The molecule has 102 valence electrons. The van der Waals surface area contributed by atoms with E-state index in [-0.39, 0.29) is 5.91 Å². The van der Waals surface area contributed by atoms with E-state index in [0.29, 0.717) is 17.1 Å². The van der Waals surface area contributed by atoms with Crippen LogP contribution in [0.1, 0.15) is 21.5 Å². The number of nitrogens with two attached hydrogens (primary N) is 1. The number of nitrogens with one attached hydrogen (secondary N) is 1. The molecule has 20 heavy (non-hydrogen) atoms. The summed E-state index contributed by atoms with van der Waals surface area (Å²) >= 11 is 8.24. The molecule has 0 radical (unpaired) electrons. The molecule has 0 aromatic heterocycles. The lowest BCUT2D eigenvalue weighted by atomic mass is 10.1. The lowest BCUT2D eigenvalue weighted by molar-refractivity contribution is 0.0951. The third-order valence-corrected chi connectivity index (χ3v) is 3.56. The van der Waals surface area contributed by atoms with Gasteiger partial charge in [0.05, 0.1) is 0 Å². The molecule has 0 fully saturated rings. The van der Waals surface area contributed by atoms with Crippen LogP contribution >= 0.6 is 28.1 Å². The normalized spacial score (nSPS) is 10.1. The molecule has 5 heteroatoms. The van der Waals surface area contributed by atoms with Crippen molar-refractivity contribution in [1.82, 2.24) is 5.32 Å². The molecule has 3 N–H and O–H groups in total. The van der Waals surface area contributed by atoms with Gasteiger partial charge in [-0.25, -0.2) is 0 Å². The summed E-state index contributed by atoms with van der Waals surface area (Å²) in [7, 11) is 0. The van der Waals surface area contributed by atoms with E-state index in [9.17, 15) is 4.79 Å². The highest BCUT2D eigenvalue weighted by Gasteiger charge is 2.05. The monoisotopic (exact) mass is 348 g/mol. The van der Waals surface area contributed by atoms with Gasteiger partial charge in [0.2, 0.25) is 0 Å². The van der Waals surface area contributed by atoms with Crippen molar-refractivity contribution in [3.05, 3.63) is 69.7 Å². The SMILES string of the molecule is NC(=S)c1ccc(C(=O)NCc2ccc(Br)cc2)cc1. The Kier molecular flexibility index (Phi) is 4.87. The number of amides is 1. The van der Waals surface area contributed by atoms with Crippen molar-refractivity contribution >= 4 is 39.0 Å². The molecule has 0 unspecified atom stereocenters. The average Bonchev–Trinajstić information content (AvgIpc) is 2.46. The van der Waals surface area contributed by atoms with E-state index in [0.717, 1.165) is 15.6 Å². The highest BCUT2D eigenvalue weighted by Crippen LogP contribution is 2.10. The second-order valence-electron chi connectivity index (χ2n) is 4.25. The maximum absolute atomic E-state index is 12.0. The molecule has 0 bridgehead atoms. The molecule has 0 aliphatic rings. The predicted molar refractivity (Wildman–Crippen MR) is 87.6 cm³/mol. The lowest BCUT2D eigenvalue weighted by Crippen LogP contribution is -2.22. The second-order valence-corrected chi connectivity index (χ2v) is 5.61. The molecule has 3 nitrogen and oxygen atoms in total. The first kappa shape index (κ1) is 14.7. The molecule has 0 atom stereocenters. The summed E-state index contributed by atoms with van der Waals surface area (Å²) in [5, 5.41) is 2.87. The molecule has 0 saturated heterocycles. The topological polar surface area (TPSA) is 55.1 Å². The molecule has 0 aliphatic heterocycles. The minimum absolute atomic E-state index is 0.123. The predicted octanol–water partition coefficient (Wildman–Crippen LogP) is 3.01. The Bertz CT molecular complexity index is 623. The molecule has 1 amide bonds. The van der Waals surface area contributed by atoms with Gasteiger partial charge in [-0.2, -0.15) is 0 Å². The summed E-state index contributed by atoms with van der Waals surface area (Å²) in [5.41, 5.74) is 7.90. The standard InChI is InChI=1S/C15H13BrN2OS/c16-13-7-1-10(2-8-13)9-18-15(19)12-5-3-11(4-6-12)14(17)20/h1-8H,9H2,(H2,17,20)(H,18,19). The molecule has 0 heterocycles. The van der Waals surface area contributed by atoms with E-state index in [2.05, 4.69) is 21.2 Å². The van der Waals surface area contributed by atoms with Gasteiger partial charge in [0, 0.05) is 22.1 Å². The quantitative estimate of drug-likeness (QED) is 0.835. The number of hydrogen-bond donors (Lipinski definition) is 2.